The van der Waals surface area contributed by atoms with Crippen LogP contribution in [0.2, 0.25) is 0 Å². The van der Waals surface area contributed by atoms with Gasteiger partial charge in [0.15, 0.2) is 0 Å². The van der Waals surface area contributed by atoms with E-state index in [-0.39, 0.29) is 16.6 Å². The van der Waals surface area contributed by atoms with Crippen LogP contribution in [0.4, 0.5) is 18.9 Å². The molecule has 0 aliphatic heterocycles. The summed E-state index contributed by atoms with van der Waals surface area (Å²) < 4.78 is 66.5. The van der Waals surface area contributed by atoms with Crippen LogP contribution >= 0.6 is 0 Å². The predicted octanol–water partition coefficient (Wildman–Crippen LogP) is 2.62. The van der Waals surface area contributed by atoms with Gasteiger partial charge in [-0.25, -0.2) is 8.42 Å². The minimum Gasteiger partial charge on any atom is -0.359 e. The Morgan fingerprint density at radius 3 is 2.16 bits per heavy atom. The zero-order valence-corrected chi connectivity index (χ0v) is 15.1. The van der Waals surface area contributed by atoms with Gasteiger partial charge in [0.25, 0.3) is 5.91 Å². The molecule has 25 heavy (non-hydrogen) atoms. The lowest BCUT2D eigenvalue weighted by molar-refractivity contribution is -0.184. The van der Waals surface area contributed by atoms with Crippen molar-refractivity contribution in [3.05, 3.63) is 24.3 Å². The van der Waals surface area contributed by atoms with Gasteiger partial charge in [0.05, 0.1) is 4.90 Å². The van der Waals surface area contributed by atoms with Gasteiger partial charge in [0.2, 0.25) is 10.0 Å². The molecule has 0 heterocycles. The van der Waals surface area contributed by atoms with E-state index in [0.29, 0.717) is 0 Å². The number of anilines is 1. The number of nitrogens with one attached hydrogen (secondary N) is 1. The fourth-order valence-electron chi connectivity index (χ4n) is 1.69. The van der Waals surface area contributed by atoms with Crippen molar-refractivity contribution in [1.29, 1.82) is 0 Å². The van der Waals surface area contributed by atoms with Gasteiger partial charge in [-0.3, -0.25) is 4.79 Å². The Labute approximate surface area is 145 Å². The molecule has 0 bridgehead atoms. The lowest BCUT2D eigenvalue weighted by Crippen LogP contribution is -2.33. The third kappa shape index (κ3) is 6.29. The fourth-order valence-corrected chi connectivity index (χ4v) is 3.06. The molecule has 1 unspecified atom stereocenters. The van der Waals surface area contributed by atoms with Crippen LogP contribution in [-0.2, 0) is 19.6 Å². The van der Waals surface area contributed by atoms with E-state index in [4.69, 9.17) is 0 Å². The predicted molar refractivity (Wildman–Crippen MR) is 86.6 cm³/mol. The van der Waals surface area contributed by atoms with E-state index < -0.39 is 34.8 Å². The van der Waals surface area contributed by atoms with E-state index in [0.717, 1.165) is 0 Å². The van der Waals surface area contributed by atoms with Crippen LogP contribution < -0.4 is 5.32 Å². The second-order valence-corrected chi connectivity index (χ2v) is 7.69. The zero-order valence-electron chi connectivity index (χ0n) is 14.3. The van der Waals surface area contributed by atoms with Gasteiger partial charge in [-0.1, -0.05) is 0 Å². The van der Waals surface area contributed by atoms with E-state index in [9.17, 15) is 26.4 Å². The molecule has 1 N–H and O–H groups in total. The van der Waals surface area contributed by atoms with Gasteiger partial charge >= 0.3 is 6.18 Å². The Kier molecular flexibility index (Phi) is 6.98. The van der Waals surface area contributed by atoms with Gasteiger partial charge in [-0.05, 0) is 45.0 Å². The van der Waals surface area contributed by atoms with Gasteiger partial charge in [-0.2, -0.15) is 17.5 Å². The van der Waals surface area contributed by atoms with Crippen molar-refractivity contribution in [2.45, 2.75) is 44.0 Å². The van der Waals surface area contributed by atoms with Crippen molar-refractivity contribution >= 4 is 21.6 Å². The second-order valence-electron chi connectivity index (χ2n) is 5.70. The molecule has 0 radical (unpaired) electrons. The van der Waals surface area contributed by atoms with Crippen LogP contribution in [-0.4, -0.2) is 50.6 Å². The maximum atomic E-state index is 12.3. The summed E-state index contributed by atoms with van der Waals surface area (Å²) >= 11 is 0. The normalized spacial score (nSPS) is 14.0. The van der Waals surface area contributed by atoms with E-state index in [2.05, 4.69) is 10.1 Å². The molecule has 10 heteroatoms. The summed E-state index contributed by atoms with van der Waals surface area (Å²) in [5.74, 6) is -0.765. The first-order valence-corrected chi connectivity index (χ1v) is 8.86. The van der Waals surface area contributed by atoms with E-state index in [1.807, 2.05) is 0 Å². The monoisotopic (exact) mass is 382 g/mol. The molecular formula is C15H21F3N2O4S. The number of alkyl halides is 3. The first-order valence-electron chi connectivity index (χ1n) is 7.42. The van der Waals surface area contributed by atoms with Crippen LogP contribution in [0.25, 0.3) is 0 Å². The highest BCUT2D eigenvalue weighted by Gasteiger charge is 2.30. The largest absolute Gasteiger partial charge is 0.411 e. The van der Waals surface area contributed by atoms with Crippen LogP contribution in [0.3, 0.4) is 0 Å². The molecule has 142 valence electrons. The molecule has 0 aliphatic carbocycles. The lowest BCUT2D eigenvalue weighted by Gasteiger charge is -2.21. The Bertz CT molecular complexity index is 688. The molecule has 1 amide bonds. The fraction of sp³-hybridized carbons (Fsp3) is 0.533. The van der Waals surface area contributed by atoms with E-state index >= 15 is 0 Å². The van der Waals surface area contributed by atoms with Crippen molar-refractivity contribution in [1.82, 2.24) is 4.31 Å². The summed E-state index contributed by atoms with van der Waals surface area (Å²) in [5.41, 5.74) is 0.249. The number of carbonyl (C=O) groups excluding carboxylic acids is 1. The number of ether oxygens (including phenoxy) is 1. The number of sulfonamides is 1. The first kappa shape index (κ1) is 21.4. The quantitative estimate of drug-likeness (QED) is 0.787. The average molecular weight is 382 g/mol. The van der Waals surface area contributed by atoms with E-state index in [1.165, 1.54) is 42.5 Å². The lowest BCUT2D eigenvalue weighted by atomic mass is 10.3. The van der Waals surface area contributed by atoms with Gasteiger partial charge in [0, 0.05) is 18.8 Å². The van der Waals surface area contributed by atoms with Crippen molar-refractivity contribution in [2.24, 2.45) is 0 Å². The Balaban J connectivity index is 2.76. The van der Waals surface area contributed by atoms with Crippen molar-refractivity contribution in [3.8, 4) is 0 Å². The SMILES string of the molecule is CC(OCC(F)(F)F)C(=O)Nc1ccc(S(=O)(=O)N(C)C(C)C)cc1. The van der Waals surface area contributed by atoms with Crippen LogP contribution in [0.15, 0.2) is 29.2 Å². The number of carbonyl (C=O) groups is 1. The highest BCUT2D eigenvalue weighted by Crippen LogP contribution is 2.20. The summed E-state index contributed by atoms with van der Waals surface area (Å²) in [5, 5.41) is 2.37. The van der Waals surface area contributed by atoms with Crippen LogP contribution in [0, 0.1) is 0 Å². The number of hydrogen-bond donors (Lipinski definition) is 1. The molecule has 1 rings (SSSR count). The van der Waals surface area contributed by atoms with Crippen molar-refractivity contribution in [2.75, 3.05) is 19.0 Å². The molecule has 1 aromatic rings. The van der Waals surface area contributed by atoms with Gasteiger partial charge in [0.1, 0.15) is 12.7 Å². The molecule has 0 aliphatic rings. The first-order chi connectivity index (χ1) is 11.3. The Morgan fingerprint density at radius 2 is 1.72 bits per heavy atom. The van der Waals surface area contributed by atoms with Gasteiger partial charge < -0.3 is 10.1 Å². The molecule has 1 aromatic carbocycles. The molecule has 0 saturated carbocycles. The smallest absolute Gasteiger partial charge is 0.359 e. The number of nitrogens with zero attached hydrogens (tertiary/aromatic N) is 1. The minimum absolute atomic E-state index is 0.0445. The molecule has 0 spiro atoms. The van der Waals surface area contributed by atoms with Crippen LogP contribution in [0.1, 0.15) is 20.8 Å². The molecule has 0 saturated heterocycles. The summed E-state index contributed by atoms with van der Waals surface area (Å²) in [6.45, 7) is 3.13. The molecule has 0 fully saturated rings. The number of hydrogen-bond acceptors (Lipinski definition) is 4. The van der Waals surface area contributed by atoms with Crippen LogP contribution in [0.5, 0.6) is 0 Å². The van der Waals surface area contributed by atoms with E-state index in [1.54, 1.807) is 13.8 Å². The standard InChI is InChI=1S/C15H21F3N2O4S/c1-10(2)20(4)25(22,23)13-7-5-12(6-8-13)19-14(21)11(3)24-9-15(16,17)18/h5-8,10-11H,9H2,1-4H3,(H,19,21). The number of rotatable bonds is 7. The third-order valence-corrected chi connectivity index (χ3v) is 5.44. The maximum absolute atomic E-state index is 12.3. The Morgan fingerprint density at radius 1 is 1.20 bits per heavy atom. The molecule has 6 nitrogen and oxygen atoms in total. The second kappa shape index (κ2) is 8.15. The highest BCUT2D eigenvalue weighted by atomic mass is 32.2. The summed E-state index contributed by atoms with van der Waals surface area (Å²) in [7, 11) is -2.20. The topological polar surface area (TPSA) is 75.7 Å². The zero-order chi connectivity index (χ0) is 19.4. The number of halogens is 3. The average Bonchev–Trinajstić information content (AvgIpc) is 2.51. The summed E-state index contributed by atoms with van der Waals surface area (Å²) in [4.78, 5) is 11.8. The summed E-state index contributed by atoms with van der Waals surface area (Å²) in [6.07, 6.45) is -5.83. The van der Waals surface area contributed by atoms with Crippen molar-refractivity contribution in [3.63, 3.8) is 0 Å². The molecular weight excluding hydrogens is 361 g/mol. The maximum Gasteiger partial charge on any atom is 0.411 e. The number of amides is 1. The third-order valence-electron chi connectivity index (χ3n) is 3.39. The molecule has 0 aromatic heterocycles. The number of benzene rings is 1. The minimum atomic E-state index is -4.52. The summed E-state index contributed by atoms with van der Waals surface area (Å²) in [6, 6.07) is 5.11. The van der Waals surface area contributed by atoms with Crippen molar-refractivity contribution < 1.29 is 31.1 Å². The van der Waals surface area contributed by atoms with Gasteiger partial charge in [-0.15, -0.1) is 0 Å². The highest BCUT2D eigenvalue weighted by molar-refractivity contribution is 7.89. The Hall–Kier alpha value is -1.65. The molecule has 1 atom stereocenters.